The van der Waals surface area contributed by atoms with Crippen molar-refractivity contribution < 1.29 is 5.21 Å². The predicted octanol–water partition coefficient (Wildman–Crippen LogP) is 2.31. The number of hydrogen-bond donors (Lipinski definition) is 1. The highest BCUT2D eigenvalue weighted by Gasteiger charge is 2.18. The maximum atomic E-state index is 9.36. The molecule has 0 amide bonds. The van der Waals surface area contributed by atoms with Gasteiger partial charge in [0.1, 0.15) is 0 Å². The molecule has 0 radical (unpaired) electrons. The summed E-state index contributed by atoms with van der Waals surface area (Å²) in [5.41, 5.74) is 1.29. The zero-order chi connectivity index (χ0) is 8.43. The summed E-state index contributed by atoms with van der Waals surface area (Å²) >= 11 is 1.74. The van der Waals surface area contributed by atoms with Crippen molar-refractivity contribution in [1.29, 1.82) is 0 Å². The maximum Gasteiger partial charge on any atom is 0.0956 e. The molecule has 0 aliphatic carbocycles. The second kappa shape index (κ2) is 3.50. The highest BCUT2D eigenvalue weighted by molar-refractivity contribution is 8.03. The second-order valence-electron chi connectivity index (χ2n) is 3.11. The quantitative estimate of drug-likeness (QED) is 0.658. The van der Waals surface area contributed by atoms with Crippen molar-refractivity contribution in [2.45, 2.75) is 20.8 Å². The summed E-state index contributed by atoms with van der Waals surface area (Å²) in [6.07, 6.45) is 0. The van der Waals surface area contributed by atoms with Crippen LogP contribution in [0.4, 0.5) is 0 Å². The minimum atomic E-state index is 0.533. The van der Waals surface area contributed by atoms with Gasteiger partial charge < -0.3 is 0 Å². The molecule has 0 atom stereocenters. The van der Waals surface area contributed by atoms with E-state index < -0.39 is 0 Å². The van der Waals surface area contributed by atoms with Crippen LogP contribution >= 0.6 is 11.8 Å². The van der Waals surface area contributed by atoms with Gasteiger partial charge in [0.2, 0.25) is 0 Å². The van der Waals surface area contributed by atoms with Crippen LogP contribution in [0.2, 0.25) is 0 Å². The van der Waals surface area contributed by atoms with Crippen molar-refractivity contribution in [1.82, 2.24) is 5.06 Å². The molecule has 0 unspecified atom stereocenters. The molecule has 1 saturated heterocycles. The summed E-state index contributed by atoms with van der Waals surface area (Å²) in [7, 11) is 0. The highest BCUT2D eigenvalue weighted by Crippen LogP contribution is 2.31. The first-order valence-corrected chi connectivity index (χ1v) is 4.91. The molecule has 1 fully saturated rings. The Labute approximate surface area is 72.2 Å². The SMILES string of the molecule is CC(=C1SCCN1O)C(C)C. The summed E-state index contributed by atoms with van der Waals surface area (Å²) in [5.74, 6) is 1.54. The van der Waals surface area contributed by atoms with Crippen molar-refractivity contribution in [3.8, 4) is 0 Å². The molecule has 64 valence electrons. The lowest BCUT2D eigenvalue weighted by Gasteiger charge is -2.15. The third-order valence-corrected chi connectivity index (χ3v) is 3.17. The van der Waals surface area contributed by atoms with Gasteiger partial charge in [0, 0.05) is 5.75 Å². The smallest absolute Gasteiger partial charge is 0.0956 e. The van der Waals surface area contributed by atoms with E-state index in [-0.39, 0.29) is 0 Å². The number of rotatable bonds is 1. The van der Waals surface area contributed by atoms with Crippen LogP contribution in [0.15, 0.2) is 10.6 Å². The zero-order valence-electron chi connectivity index (χ0n) is 7.29. The van der Waals surface area contributed by atoms with E-state index >= 15 is 0 Å². The van der Waals surface area contributed by atoms with Gasteiger partial charge in [0.25, 0.3) is 0 Å². The van der Waals surface area contributed by atoms with Gasteiger partial charge in [0.05, 0.1) is 11.6 Å². The molecule has 3 heteroatoms. The van der Waals surface area contributed by atoms with E-state index in [0.717, 1.165) is 17.3 Å². The van der Waals surface area contributed by atoms with Crippen LogP contribution in [0, 0.1) is 5.92 Å². The molecule has 11 heavy (non-hydrogen) atoms. The molecule has 0 aromatic carbocycles. The Balaban J connectivity index is 2.76. The van der Waals surface area contributed by atoms with E-state index in [1.165, 1.54) is 10.6 Å². The van der Waals surface area contributed by atoms with Gasteiger partial charge in [-0.2, -0.15) is 0 Å². The van der Waals surface area contributed by atoms with Crippen LogP contribution < -0.4 is 0 Å². The molecule has 1 aliphatic heterocycles. The summed E-state index contributed by atoms with van der Waals surface area (Å²) < 4.78 is 0. The van der Waals surface area contributed by atoms with Gasteiger partial charge >= 0.3 is 0 Å². The second-order valence-corrected chi connectivity index (χ2v) is 4.20. The van der Waals surface area contributed by atoms with Crippen LogP contribution in [-0.4, -0.2) is 22.6 Å². The fraction of sp³-hybridized carbons (Fsp3) is 0.750. The van der Waals surface area contributed by atoms with Gasteiger partial charge in [-0.25, -0.2) is 5.06 Å². The number of allylic oxidation sites excluding steroid dienone is 1. The van der Waals surface area contributed by atoms with Crippen LogP contribution in [-0.2, 0) is 0 Å². The Hall–Kier alpha value is -0.150. The van der Waals surface area contributed by atoms with Gasteiger partial charge in [-0.05, 0) is 18.4 Å². The lowest BCUT2D eigenvalue weighted by atomic mass is 10.1. The molecule has 1 aliphatic rings. The van der Waals surface area contributed by atoms with Crippen molar-refractivity contribution >= 4 is 11.8 Å². The molecule has 0 spiro atoms. The van der Waals surface area contributed by atoms with Gasteiger partial charge in [0.15, 0.2) is 0 Å². The van der Waals surface area contributed by atoms with Crippen LogP contribution in [0.5, 0.6) is 0 Å². The molecular formula is C8H15NOS. The van der Waals surface area contributed by atoms with Crippen LogP contribution in [0.1, 0.15) is 20.8 Å². The zero-order valence-corrected chi connectivity index (χ0v) is 8.11. The third-order valence-electron chi connectivity index (χ3n) is 1.98. The standard InChI is InChI=1S/C8H15NOS/c1-6(2)7(3)8-9(10)4-5-11-8/h6,10H,4-5H2,1-3H3. The van der Waals surface area contributed by atoms with Gasteiger partial charge in [-0.1, -0.05) is 13.8 Å². The average Bonchev–Trinajstić information content (AvgIpc) is 2.33. The van der Waals surface area contributed by atoms with Crippen molar-refractivity contribution in [2.24, 2.45) is 5.92 Å². The molecular weight excluding hydrogens is 158 g/mol. The first-order valence-electron chi connectivity index (χ1n) is 3.93. The monoisotopic (exact) mass is 173 g/mol. The fourth-order valence-corrected chi connectivity index (χ4v) is 2.13. The fourth-order valence-electron chi connectivity index (χ4n) is 0.969. The molecule has 0 aromatic rings. The average molecular weight is 173 g/mol. The molecule has 1 rings (SSSR count). The molecule has 0 bridgehead atoms. The number of hydroxylamine groups is 2. The molecule has 1 N–H and O–H groups in total. The number of thioether (sulfide) groups is 1. The highest BCUT2D eigenvalue weighted by atomic mass is 32.2. The van der Waals surface area contributed by atoms with Crippen molar-refractivity contribution in [3.05, 3.63) is 10.6 Å². The third kappa shape index (κ3) is 1.91. The Morgan fingerprint density at radius 2 is 2.27 bits per heavy atom. The van der Waals surface area contributed by atoms with E-state index in [4.69, 9.17) is 0 Å². The Morgan fingerprint density at radius 1 is 1.64 bits per heavy atom. The minimum absolute atomic E-state index is 0.533. The summed E-state index contributed by atoms with van der Waals surface area (Å²) in [6, 6.07) is 0. The lowest BCUT2D eigenvalue weighted by Crippen LogP contribution is -2.14. The molecule has 1 heterocycles. The van der Waals surface area contributed by atoms with E-state index in [2.05, 4.69) is 20.8 Å². The van der Waals surface area contributed by atoms with Crippen molar-refractivity contribution in [2.75, 3.05) is 12.3 Å². The minimum Gasteiger partial charge on any atom is -0.288 e. The summed E-state index contributed by atoms with van der Waals surface area (Å²) in [4.78, 5) is 0. The first kappa shape index (κ1) is 8.94. The Morgan fingerprint density at radius 3 is 2.64 bits per heavy atom. The van der Waals surface area contributed by atoms with Gasteiger partial charge in [-0.15, -0.1) is 11.8 Å². The van der Waals surface area contributed by atoms with Crippen LogP contribution in [0.3, 0.4) is 0 Å². The maximum absolute atomic E-state index is 9.36. The van der Waals surface area contributed by atoms with E-state index in [9.17, 15) is 5.21 Å². The van der Waals surface area contributed by atoms with E-state index in [1.807, 2.05) is 0 Å². The number of nitrogens with zero attached hydrogens (tertiary/aromatic N) is 1. The van der Waals surface area contributed by atoms with Crippen LogP contribution in [0.25, 0.3) is 0 Å². The molecule has 0 aromatic heterocycles. The normalized spacial score (nSPS) is 23.2. The lowest BCUT2D eigenvalue weighted by molar-refractivity contribution is -0.0357. The number of hydrogen-bond acceptors (Lipinski definition) is 3. The van der Waals surface area contributed by atoms with Gasteiger partial charge in [-0.3, -0.25) is 5.21 Å². The summed E-state index contributed by atoms with van der Waals surface area (Å²) in [6.45, 7) is 7.15. The van der Waals surface area contributed by atoms with E-state index in [0.29, 0.717) is 5.92 Å². The molecule has 0 saturated carbocycles. The predicted molar refractivity (Wildman–Crippen MR) is 48.5 cm³/mol. The molecule has 2 nitrogen and oxygen atoms in total. The van der Waals surface area contributed by atoms with E-state index in [1.54, 1.807) is 11.8 Å². The first-order chi connectivity index (χ1) is 5.13. The Bertz CT molecular complexity index is 177. The topological polar surface area (TPSA) is 23.5 Å². The van der Waals surface area contributed by atoms with Crippen molar-refractivity contribution in [3.63, 3.8) is 0 Å². The largest absolute Gasteiger partial charge is 0.288 e. The summed E-state index contributed by atoms with van der Waals surface area (Å²) in [5, 5.41) is 11.8. The Kier molecular flexibility index (Phi) is 2.84.